The average molecular weight is 345 g/mol. The van der Waals surface area contributed by atoms with Gasteiger partial charge in [0.1, 0.15) is 12.7 Å². The van der Waals surface area contributed by atoms with Crippen LogP contribution in [0.25, 0.3) is 0 Å². The Bertz CT molecular complexity index is 505. The molecule has 0 saturated heterocycles. The molecule has 1 aliphatic rings. The molecule has 2 heterocycles. The molecule has 1 unspecified atom stereocenters. The summed E-state index contributed by atoms with van der Waals surface area (Å²) in [5.41, 5.74) is 0. The van der Waals surface area contributed by atoms with Gasteiger partial charge in [0.25, 0.3) is 0 Å². The SMILES string of the molecule is O=S(=O)([O-])CCCCNCC1COc2cscc2O1.[K+]. The first-order valence-corrected chi connectivity index (χ1v) is 8.56. The first kappa shape index (κ1) is 18.9. The summed E-state index contributed by atoms with van der Waals surface area (Å²) in [4.78, 5) is 0. The molecule has 0 aliphatic carbocycles. The summed E-state index contributed by atoms with van der Waals surface area (Å²) in [6.45, 7) is 1.80. The van der Waals surface area contributed by atoms with E-state index in [1.165, 1.54) is 11.3 Å². The molecule has 0 fully saturated rings. The molecule has 108 valence electrons. The quantitative estimate of drug-likeness (QED) is 0.343. The van der Waals surface area contributed by atoms with E-state index in [9.17, 15) is 13.0 Å². The van der Waals surface area contributed by atoms with Crippen LogP contribution in [-0.2, 0) is 10.1 Å². The Morgan fingerprint density at radius 3 is 2.85 bits per heavy atom. The number of ether oxygens (including phenoxy) is 2. The molecule has 1 aromatic heterocycles. The zero-order chi connectivity index (χ0) is 13.7. The summed E-state index contributed by atoms with van der Waals surface area (Å²) >= 11 is 1.54. The van der Waals surface area contributed by atoms with E-state index in [0.29, 0.717) is 32.5 Å². The average Bonchev–Trinajstić information content (AvgIpc) is 2.79. The first-order chi connectivity index (χ1) is 9.04. The number of fused-ring (bicyclic) bond motifs is 1. The monoisotopic (exact) mass is 345 g/mol. The van der Waals surface area contributed by atoms with Crippen molar-refractivity contribution in [3.63, 3.8) is 0 Å². The number of nitrogens with one attached hydrogen (secondary N) is 1. The van der Waals surface area contributed by atoms with E-state index in [1.807, 2.05) is 10.8 Å². The molecule has 1 aliphatic heterocycles. The van der Waals surface area contributed by atoms with Crippen LogP contribution in [0.4, 0.5) is 0 Å². The van der Waals surface area contributed by atoms with Crippen LogP contribution in [0.2, 0.25) is 0 Å². The Balaban J connectivity index is 0.00000200. The molecule has 1 atom stereocenters. The van der Waals surface area contributed by atoms with Gasteiger partial charge in [0.2, 0.25) is 0 Å². The smallest absolute Gasteiger partial charge is 0.748 e. The van der Waals surface area contributed by atoms with Crippen LogP contribution in [0.15, 0.2) is 10.8 Å². The summed E-state index contributed by atoms with van der Waals surface area (Å²) < 4.78 is 42.4. The summed E-state index contributed by atoms with van der Waals surface area (Å²) in [5, 5.41) is 6.97. The van der Waals surface area contributed by atoms with Crippen LogP contribution in [0.3, 0.4) is 0 Å². The fourth-order valence-electron chi connectivity index (χ4n) is 1.75. The minimum absolute atomic E-state index is 0. The Labute approximate surface area is 165 Å². The molecule has 6 nitrogen and oxygen atoms in total. The Morgan fingerprint density at radius 1 is 1.35 bits per heavy atom. The van der Waals surface area contributed by atoms with Crippen LogP contribution in [0, 0.1) is 0 Å². The maximum atomic E-state index is 10.4. The van der Waals surface area contributed by atoms with Crippen LogP contribution in [0.5, 0.6) is 11.5 Å². The van der Waals surface area contributed by atoms with Gasteiger partial charge < -0.3 is 19.3 Å². The maximum absolute atomic E-state index is 10.4. The molecular weight excluding hydrogens is 329 g/mol. The number of rotatable bonds is 7. The fraction of sp³-hybridized carbons (Fsp3) is 0.636. The van der Waals surface area contributed by atoms with Crippen molar-refractivity contribution in [2.45, 2.75) is 18.9 Å². The number of thiophene rings is 1. The standard InChI is InChI=1S/C11H17NO5S2.K/c13-19(14,15)4-2-1-3-12-5-9-6-16-10-7-18-8-11(10)17-9;/h7-9,12H,1-6H2,(H,13,14,15);/q;+1/p-1. The fourth-order valence-corrected chi connectivity index (χ4v) is 2.98. The minimum Gasteiger partial charge on any atom is -0.748 e. The summed E-state index contributed by atoms with van der Waals surface area (Å²) in [7, 11) is -4.08. The van der Waals surface area contributed by atoms with Crippen LogP contribution in [-0.4, -0.2) is 44.5 Å². The van der Waals surface area contributed by atoms with Crippen LogP contribution >= 0.6 is 11.3 Å². The van der Waals surface area contributed by atoms with Crippen molar-refractivity contribution in [3.8, 4) is 11.5 Å². The number of unbranched alkanes of at least 4 members (excludes halogenated alkanes) is 1. The van der Waals surface area contributed by atoms with Gasteiger partial charge in [-0.05, 0) is 19.4 Å². The van der Waals surface area contributed by atoms with Gasteiger partial charge in [0.15, 0.2) is 11.5 Å². The Hall–Kier alpha value is 0.806. The largest absolute Gasteiger partial charge is 1.00 e. The minimum atomic E-state index is -4.08. The third-order valence-electron chi connectivity index (χ3n) is 2.68. The first-order valence-electron chi connectivity index (χ1n) is 6.04. The molecular formula is C11H16KNO5S2. The van der Waals surface area contributed by atoms with E-state index in [1.54, 1.807) is 0 Å². The summed E-state index contributed by atoms with van der Waals surface area (Å²) in [6, 6.07) is 0. The van der Waals surface area contributed by atoms with Gasteiger partial charge in [-0.15, -0.1) is 11.3 Å². The van der Waals surface area contributed by atoms with E-state index < -0.39 is 10.1 Å². The van der Waals surface area contributed by atoms with Crippen molar-refractivity contribution in [1.29, 1.82) is 0 Å². The van der Waals surface area contributed by atoms with Gasteiger partial charge in [0.05, 0.1) is 10.1 Å². The third kappa shape index (κ3) is 6.71. The zero-order valence-corrected chi connectivity index (χ0v) is 16.1. The van der Waals surface area contributed by atoms with E-state index >= 15 is 0 Å². The molecule has 9 heteroatoms. The van der Waals surface area contributed by atoms with E-state index in [0.717, 1.165) is 11.5 Å². The molecule has 1 aromatic rings. The van der Waals surface area contributed by atoms with Gasteiger partial charge in [0, 0.05) is 23.1 Å². The van der Waals surface area contributed by atoms with Crippen molar-refractivity contribution < 1.29 is 73.8 Å². The molecule has 0 amide bonds. The topological polar surface area (TPSA) is 87.7 Å². The van der Waals surface area contributed by atoms with Crippen molar-refractivity contribution in [1.82, 2.24) is 5.32 Å². The number of hydrogen-bond donors (Lipinski definition) is 1. The zero-order valence-electron chi connectivity index (χ0n) is 11.3. The van der Waals surface area contributed by atoms with Gasteiger partial charge in [-0.2, -0.15) is 0 Å². The molecule has 0 spiro atoms. The molecule has 0 saturated carbocycles. The molecule has 2 rings (SSSR count). The molecule has 1 N–H and O–H groups in total. The predicted molar refractivity (Wildman–Crippen MR) is 70.9 cm³/mol. The second-order valence-corrected chi connectivity index (χ2v) is 6.59. The van der Waals surface area contributed by atoms with E-state index in [2.05, 4.69) is 5.32 Å². The maximum Gasteiger partial charge on any atom is 1.00 e. The van der Waals surface area contributed by atoms with Crippen LogP contribution in [0.1, 0.15) is 12.8 Å². The van der Waals surface area contributed by atoms with Gasteiger partial charge in [-0.3, -0.25) is 0 Å². The second-order valence-electron chi connectivity index (χ2n) is 4.32. The molecule has 0 aromatic carbocycles. The van der Waals surface area contributed by atoms with Crippen molar-refractivity contribution >= 4 is 21.5 Å². The molecule has 20 heavy (non-hydrogen) atoms. The second kappa shape index (κ2) is 9.06. The van der Waals surface area contributed by atoms with Crippen molar-refractivity contribution in [2.24, 2.45) is 0 Å². The van der Waals surface area contributed by atoms with E-state index in [-0.39, 0.29) is 63.2 Å². The van der Waals surface area contributed by atoms with Gasteiger partial charge >= 0.3 is 51.4 Å². The van der Waals surface area contributed by atoms with Gasteiger partial charge in [-0.25, -0.2) is 8.42 Å². The van der Waals surface area contributed by atoms with E-state index in [4.69, 9.17) is 9.47 Å². The number of hydrogen-bond acceptors (Lipinski definition) is 7. The summed E-state index contributed by atoms with van der Waals surface area (Å²) in [6.07, 6.45) is 0.999. The van der Waals surface area contributed by atoms with Crippen molar-refractivity contribution in [3.05, 3.63) is 10.8 Å². The van der Waals surface area contributed by atoms with Gasteiger partial charge in [-0.1, -0.05) is 0 Å². The normalized spacial score (nSPS) is 17.6. The van der Waals surface area contributed by atoms with Crippen LogP contribution < -0.4 is 66.2 Å². The van der Waals surface area contributed by atoms with Crippen molar-refractivity contribution in [2.75, 3.05) is 25.4 Å². The predicted octanol–water partition coefficient (Wildman–Crippen LogP) is -2.19. The third-order valence-corrected chi connectivity index (χ3v) is 4.17. The Morgan fingerprint density at radius 2 is 2.10 bits per heavy atom. The molecule has 0 radical (unpaired) electrons. The summed E-state index contributed by atoms with van der Waals surface area (Å²) in [5.74, 6) is 1.28. The molecule has 0 bridgehead atoms. The Kier molecular flexibility index (Phi) is 8.54.